The summed E-state index contributed by atoms with van der Waals surface area (Å²) in [5.41, 5.74) is 0. The molecule has 1 aliphatic heterocycles. The topological polar surface area (TPSA) is 88.3 Å². The number of carboxylic acid groups (broad SMARTS) is 1. The molecule has 1 aromatic rings. The molecule has 1 saturated heterocycles. The van der Waals surface area contributed by atoms with E-state index in [-0.39, 0.29) is 11.7 Å². The van der Waals surface area contributed by atoms with E-state index in [1.165, 1.54) is 16.7 Å². The highest BCUT2D eigenvalue weighted by Gasteiger charge is 2.34. The van der Waals surface area contributed by atoms with Crippen molar-refractivity contribution in [2.75, 3.05) is 12.3 Å². The molecule has 2 heterocycles. The molecule has 0 aromatic carbocycles. The van der Waals surface area contributed by atoms with Gasteiger partial charge in [0, 0.05) is 12.6 Å². The van der Waals surface area contributed by atoms with E-state index in [4.69, 9.17) is 5.11 Å². The molecule has 2 aliphatic rings. The van der Waals surface area contributed by atoms with Gasteiger partial charge in [-0.25, -0.2) is 4.79 Å². The van der Waals surface area contributed by atoms with Gasteiger partial charge in [0.25, 0.3) is 0 Å². The van der Waals surface area contributed by atoms with Crippen molar-refractivity contribution in [3.05, 3.63) is 6.33 Å². The smallest absolute Gasteiger partial charge is 0.326 e. The lowest BCUT2D eigenvalue weighted by atomic mass is 10.2. The van der Waals surface area contributed by atoms with Gasteiger partial charge in [-0.15, -0.1) is 10.2 Å². The highest BCUT2D eigenvalue weighted by Crippen LogP contribution is 2.37. The summed E-state index contributed by atoms with van der Waals surface area (Å²) in [5, 5.41) is 17.7. The molecule has 0 spiro atoms. The average molecular weight is 296 g/mol. The number of nitrogens with zero attached hydrogens (tertiary/aromatic N) is 4. The van der Waals surface area contributed by atoms with Crippen LogP contribution in [0.5, 0.6) is 0 Å². The Labute approximate surface area is 120 Å². The van der Waals surface area contributed by atoms with Gasteiger partial charge in [-0.3, -0.25) is 4.79 Å². The minimum absolute atomic E-state index is 0.134. The Morgan fingerprint density at radius 2 is 2.20 bits per heavy atom. The first kappa shape index (κ1) is 13.4. The van der Waals surface area contributed by atoms with Crippen LogP contribution in [-0.2, 0) is 9.59 Å². The van der Waals surface area contributed by atoms with E-state index in [1.807, 2.05) is 4.57 Å². The first-order chi connectivity index (χ1) is 9.66. The first-order valence-electron chi connectivity index (χ1n) is 6.71. The minimum Gasteiger partial charge on any atom is -0.480 e. The van der Waals surface area contributed by atoms with Gasteiger partial charge in [-0.2, -0.15) is 0 Å². The van der Waals surface area contributed by atoms with Crippen molar-refractivity contribution >= 4 is 23.6 Å². The lowest BCUT2D eigenvalue weighted by molar-refractivity contribution is -0.147. The number of thioether (sulfide) groups is 1. The molecule has 1 aliphatic carbocycles. The lowest BCUT2D eigenvalue weighted by Crippen LogP contribution is -2.41. The highest BCUT2D eigenvalue weighted by atomic mass is 32.2. The van der Waals surface area contributed by atoms with Crippen LogP contribution in [0, 0.1) is 0 Å². The van der Waals surface area contributed by atoms with Crippen molar-refractivity contribution in [2.24, 2.45) is 0 Å². The van der Waals surface area contributed by atoms with Gasteiger partial charge in [0.15, 0.2) is 5.16 Å². The SMILES string of the molecule is O=C(O)[C@H]1CCCN1C(=O)CSc1nncn1C1CC1. The Morgan fingerprint density at radius 1 is 1.40 bits per heavy atom. The number of hydrogen-bond acceptors (Lipinski definition) is 5. The molecule has 1 atom stereocenters. The number of carbonyl (C=O) groups is 2. The zero-order valence-electron chi connectivity index (χ0n) is 10.9. The maximum absolute atomic E-state index is 12.1. The third-order valence-corrected chi connectivity index (χ3v) is 4.61. The molecule has 7 nitrogen and oxygen atoms in total. The number of aliphatic carboxylic acids is 1. The molecular weight excluding hydrogens is 280 g/mol. The van der Waals surface area contributed by atoms with Crippen LogP contribution < -0.4 is 0 Å². The second-order valence-electron chi connectivity index (χ2n) is 5.12. The molecule has 0 unspecified atom stereocenters. The van der Waals surface area contributed by atoms with Gasteiger partial charge in [-0.1, -0.05) is 11.8 Å². The second kappa shape index (κ2) is 5.43. The summed E-state index contributed by atoms with van der Waals surface area (Å²) in [4.78, 5) is 24.7. The van der Waals surface area contributed by atoms with E-state index in [0.717, 1.165) is 24.4 Å². The third kappa shape index (κ3) is 2.65. The molecule has 1 saturated carbocycles. The Kier molecular flexibility index (Phi) is 3.64. The molecule has 1 aromatic heterocycles. The fraction of sp³-hybridized carbons (Fsp3) is 0.667. The summed E-state index contributed by atoms with van der Waals surface area (Å²) in [5.74, 6) is -0.831. The molecule has 2 fully saturated rings. The van der Waals surface area contributed by atoms with Crippen molar-refractivity contribution in [1.29, 1.82) is 0 Å². The zero-order valence-corrected chi connectivity index (χ0v) is 11.8. The maximum atomic E-state index is 12.1. The predicted octanol–water partition coefficient (Wildman–Crippen LogP) is 0.781. The van der Waals surface area contributed by atoms with Gasteiger partial charge in [0.05, 0.1) is 5.75 Å². The standard InChI is InChI=1S/C12H16N4O3S/c17-10(15-5-1-2-9(15)11(18)19)6-20-12-14-13-7-16(12)8-3-4-8/h7-9H,1-6H2,(H,18,19)/t9-/m1/s1. The van der Waals surface area contributed by atoms with E-state index >= 15 is 0 Å². The van der Waals surface area contributed by atoms with Crippen LogP contribution in [0.4, 0.5) is 0 Å². The van der Waals surface area contributed by atoms with Crippen molar-refractivity contribution < 1.29 is 14.7 Å². The fourth-order valence-corrected chi connectivity index (χ4v) is 3.34. The predicted molar refractivity (Wildman–Crippen MR) is 71.4 cm³/mol. The average Bonchev–Trinajstić information content (AvgIpc) is 2.97. The Balaban J connectivity index is 1.59. The number of hydrogen-bond donors (Lipinski definition) is 1. The first-order valence-corrected chi connectivity index (χ1v) is 7.70. The molecular formula is C12H16N4O3S. The summed E-state index contributed by atoms with van der Waals surface area (Å²) in [6, 6.07) is -0.189. The summed E-state index contributed by atoms with van der Waals surface area (Å²) in [6.07, 6.45) is 5.26. The lowest BCUT2D eigenvalue weighted by Gasteiger charge is -2.21. The minimum atomic E-state index is -0.915. The number of amides is 1. The zero-order chi connectivity index (χ0) is 14.1. The van der Waals surface area contributed by atoms with E-state index in [0.29, 0.717) is 19.0 Å². The second-order valence-corrected chi connectivity index (χ2v) is 6.07. The summed E-state index contributed by atoms with van der Waals surface area (Å²) in [6.45, 7) is 0.533. The third-order valence-electron chi connectivity index (χ3n) is 3.66. The van der Waals surface area contributed by atoms with Crippen molar-refractivity contribution in [3.8, 4) is 0 Å². The summed E-state index contributed by atoms with van der Waals surface area (Å²) < 4.78 is 2.00. The van der Waals surface area contributed by atoms with E-state index in [1.54, 1.807) is 6.33 Å². The van der Waals surface area contributed by atoms with Crippen LogP contribution in [0.1, 0.15) is 31.7 Å². The molecule has 1 N–H and O–H groups in total. The molecule has 1 amide bonds. The molecule has 3 rings (SSSR count). The van der Waals surface area contributed by atoms with Gasteiger partial charge in [0.1, 0.15) is 12.4 Å². The Morgan fingerprint density at radius 3 is 2.90 bits per heavy atom. The number of likely N-dealkylation sites (tertiary alicyclic amines) is 1. The maximum Gasteiger partial charge on any atom is 0.326 e. The van der Waals surface area contributed by atoms with E-state index < -0.39 is 12.0 Å². The van der Waals surface area contributed by atoms with Gasteiger partial charge in [-0.05, 0) is 25.7 Å². The Hall–Kier alpha value is -1.57. The van der Waals surface area contributed by atoms with Gasteiger partial charge < -0.3 is 14.6 Å². The monoisotopic (exact) mass is 296 g/mol. The quantitative estimate of drug-likeness (QED) is 0.808. The number of rotatable bonds is 5. The number of carboxylic acids is 1. The van der Waals surface area contributed by atoms with Crippen molar-refractivity contribution in [1.82, 2.24) is 19.7 Å². The Bertz CT molecular complexity index is 529. The van der Waals surface area contributed by atoms with Crippen LogP contribution in [-0.4, -0.2) is 55.0 Å². The number of aromatic nitrogens is 3. The van der Waals surface area contributed by atoms with Crippen LogP contribution in [0.3, 0.4) is 0 Å². The van der Waals surface area contributed by atoms with Crippen LogP contribution in [0.25, 0.3) is 0 Å². The summed E-state index contributed by atoms with van der Waals surface area (Å²) >= 11 is 1.34. The van der Waals surface area contributed by atoms with Crippen molar-refractivity contribution in [2.45, 2.75) is 42.9 Å². The van der Waals surface area contributed by atoms with Gasteiger partial charge in [0.2, 0.25) is 5.91 Å². The van der Waals surface area contributed by atoms with Gasteiger partial charge >= 0.3 is 5.97 Å². The molecule has 0 radical (unpaired) electrons. The van der Waals surface area contributed by atoms with E-state index in [2.05, 4.69) is 10.2 Å². The molecule has 8 heteroatoms. The van der Waals surface area contributed by atoms with Crippen LogP contribution in [0.15, 0.2) is 11.5 Å². The molecule has 0 bridgehead atoms. The van der Waals surface area contributed by atoms with Crippen LogP contribution >= 0.6 is 11.8 Å². The number of carbonyl (C=O) groups excluding carboxylic acids is 1. The fourth-order valence-electron chi connectivity index (χ4n) is 2.47. The highest BCUT2D eigenvalue weighted by molar-refractivity contribution is 7.99. The normalized spacial score (nSPS) is 22.2. The molecule has 108 valence electrons. The molecule has 20 heavy (non-hydrogen) atoms. The van der Waals surface area contributed by atoms with E-state index in [9.17, 15) is 9.59 Å². The summed E-state index contributed by atoms with van der Waals surface area (Å²) in [7, 11) is 0. The van der Waals surface area contributed by atoms with Crippen molar-refractivity contribution in [3.63, 3.8) is 0 Å². The largest absolute Gasteiger partial charge is 0.480 e. The van der Waals surface area contributed by atoms with Crippen LogP contribution in [0.2, 0.25) is 0 Å².